The van der Waals surface area contributed by atoms with Crippen LogP contribution in [0.15, 0.2) is 0 Å². The largest absolute Gasteiger partial charge is 0.250 e. The van der Waals surface area contributed by atoms with Gasteiger partial charge in [-0.1, -0.05) is 39.0 Å². The highest BCUT2D eigenvalue weighted by Crippen LogP contribution is 2.23. The molecule has 0 bridgehead atoms. The lowest BCUT2D eigenvalue weighted by molar-refractivity contribution is 0.275. The first-order valence-corrected chi connectivity index (χ1v) is 5.20. The third kappa shape index (κ3) is 3.04. The van der Waals surface area contributed by atoms with Gasteiger partial charge in [0, 0.05) is 12.6 Å². The van der Waals surface area contributed by atoms with Gasteiger partial charge in [0.05, 0.1) is 0 Å². The molecule has 0 amide bonds. The summed E-state index contributed by atoms with van der Waals surface area (Å²) in [5, 5.41) is 0. The number of thiol groups is 1. The molecule has 1 rings (SSSR count). The zero-order valence-corrected chi connectivity index (χ0v) is 8.32. The van der Waals surface area contributed by atoms with Gasteiger partial charge in [-0.15, -0.1) is 0 Å². The van der Waals surface area contributed by atoms with Crippen molar-refractivity contribution >= 4 is 12.8 Å². The van der Waals surface area contributed by atoms with Gasteiger partial charge < -0.3 is 0 Å². The van der Waals surface area contributed by atoms with Crippen molar-refractivity contribution in [3.63, 3.8) is 0 Å². The van der Waals surface area contributed by atoms with E-state index in [0.29, 0.717) is 0 Å². The molecule has 11 heavy (non-hydrogen) atoms. The molecule has 0 atom stereocenters. The van der Waals surface area contributed by atoms with Crippen LogP contribution in [0.3, 0.4) is 0 Å². The number of nitrogens with zero attached hydrogens (tertiary/aromatic N) is 1. The third-order valence-electron chi connectivity index (χ3n) is 2.45. The van der Waals surface area contributed by atoms with Crippen molar-refractivity contribution in [3.05, 3.63) is 0 Å². The van der Waals surface area contributed by atoms with Crippen molar-refractivity contribution < 1.29 is 0 Å². The molecule has 2 heteroatoms. The van der Waals surface area contributed by atoms with Crippen molar-refractivity contribution in [1.82, 2.24) is 4.31 Å². The topological polar surface area (TPSA) is 3.24 Å². The van der Waals surface area contributed by atoms with Crippen LogP contribution in [0, 0.1) is 0 Å². The van der Waals surface area contributed by atoms with Crippen LogP contribution in [-0.2, 0) is 0 Å². The Morgan fingerprint density at radius 3 is 2.45 bits per heavy atom. The van der Waals surface area contributed by atoms with Gasteiger partial charge in [-0.3, -0.25) is 4.31 Å². The minimum absolute atomic E-state index is 0.770. The monoisotopic (exact) mass is 173 g/mol. The van der Waals surface area contributed by atoms with Crippen molar-refractivity contribution in [2.45, 2.75) is 51.5 Å². The lowest BCUT2D eigenvalue weighted by Crippen LogP contribution is -2.29. The summed E-state index contributed by atoms with van der Waals surface area (Å²) in [6, 6.07) is 0.770. The van der Waals surface area contributed by atoms with Crippen LogP contribution in [-0.4, -0.2) is 16.9 Å². The molecule has 1 saturated carbocycles. The molecule has 1 aliphatic carbocycles. The van der Waals surface area contributed by atoms with E-state index in [1.807, 2.05) is 0 Å². The van der Waals surface area contributed by atoms with E-state index < -0.39 is 0 Å². The maximum absolute atomic E-state index is 4.49. The Morgan fingerprint density at radius 1 is 1.27 bits per heavy atom. The summed E-state index contributed by atoms with van der Waals surface area (Å²) >= 11 is 4.49. The van der Waals surface area contributed by atoms with Crippen molar-refractivity contribution in [3.8, 4) is 0 Å². The standard InChI is InChI=1S/C9H19NS/c1-2-8-10(11)9-6-4-3-5-7-9/h9,11H,2-8H2,1H3. The Hall–Kier alpha value is 0.310. The minimum atomic E-state index is 0.770. The first-order chi connectivity index (χ1) is 5.34. The predicted molar refractivity (Wildman–Crippen MR) is 52.9 cm³/mol. The number of hydrogen-bond acceptors (Lipinski definition) is 2. The summed E-state index contributed by atoms with van der Waals surface area (Å²) < 4.78 is 2.24. The predicted octanol–water partition coefficient (Wildman–Crippen LogP) is 2.88. The van der Waals surface area contributed by atoms with E-state index in [1.165, 1.54) is 38.5 Å². The van der Waals surface area contributed by atoms with Crippen LogP contribution in [0.1, 0.15) is 45.4 Å². The Kier molecular flexibility index (Phi) is 4.31. The Labute approximate surface area is 75.7 Å². The van der Waals surface area contributed by atoms with Crippen molar-refractivity contribution in [2.24, 2.45) is 0 Å². The highest BCUT2D eigenvalue weighted by molar-refractivity contribution is 7.77. The van der Waals surface area contributed by atoms with Gasteiger partial charge in [0.25, 0.3) is 0 Å². The molecule has 0 spiro atoms. The zero-order chi connectivity index (χ0) is 8.10. The molecule has 1 fully saturated rings. The molecular formula is C9H19NS. The van der Waals surface area contributed by atoms with Gasteiger partial charge in [0.15, 0.2) is 0 Å². The van der Waals surface area contributed by atoms with Gasteiger partial charge in [-0.05, 0) is 19.3 Å². The van der Waals surface area contributed by atoms with Gasteiger partial charge >= 0.3 is 0 Å². The number of rotatable bonds is 3. The maximum atomic E-state index is 4.49. The van der Waals surface area contributed by atoms with Gasteiger partial charge in [0.2, 0.25) is 0 Å². The van der Waals surface area contributed by atoms with E-state index in [0.717, 1.165) is 12.6 Å². The van der Waals surface area contributed by atoms with E-state index in [4.69, 9.17) is 0 Å². The van der Waals surface area contributed by atoms with E-state index in [1.54, 1.807) is 0 Å². The molecule has 0 radical (unpaired) electrons. The minimum Gasteiger partial charge on any atom is -0.250 e. The summed E-state index contributed by atoms with van der Waals surface area (Å²) in [4.78, 5) is 0. The molecule has 0 aromatic heterocycles. The molecule has 0 heterocycles. The SMILES string of the molecule is CCCN(S)C1CCCCC1. The zero-order valence-electron chi connectivity index (χ0n) is 7.42. The second-order valence-corrected chi connectivity index (χ2v) is 3.97. The fraction of sp³-hybridized carbons (Fsp3) is 1.00. The van der Waals surface area contributed by atoms with Crippen LogP contribution < -0.4 is 0 Å². The molecule has 1 aliphatic rings. The summed E-state index contributed by atoms with van der Waals surface area (Å²) in [5.74, 6) is 0. The lowest BCUT2D eigenvalue weighted by Gasteiger charge is -2.29. The molecule has 0 aromatic rings. The van der Waals surface area contributed by atoms with Crippen LogP contribution in [0.25, 0.3) is 0 Å². The Bertz CT molecular complexity index is 99.7. The van der Waals surface area contributed by atoms with Gasteiger partial charge in [-0.2, -0.15) is 0 Å². The summed E-state index contributed by atoms with van der Waals surface area (Å²) in [6.45, 7) is 3.36. The molecule has 0 saturated heterocycles. The van der Waals surface area contributed by atoms with Crippen molar-refractivity contribution in [2.75, 3.05) is 6.54 Å². The first-order valence-electron chi connectivity index (χ1n) is 4.80. The molecule has 0 aromatic carbocycles. The van der Waals surface area contributed by atoms with E-state index in [-0.39, 0.29) is 0 Å². The van der Waals surface area contributed by atoms with Crippen molar-refractivity contribution in [1.29, 1.82) is 0 Å². The molecule has 0 aliphatic heterocycles. The van der Waals surface area contributed by atoms with Crippen LogP contribution in [0.4, 0.5) is 0 Å². The molecule has 0 N–H and O–H groups in total. The Balaban J connectivity index is 2.21. The van der Waals surface area contributed by atoms with E-state index in [2.05, 4.69) is 24.0 Å². The van der Waals surface area contributed by atoms with E-state index >= 15 is 0 Å². The number of hydrogen-bond donors (Lipinski definition) is 1. The van der Waals surface area contributed by atoms with Crippen LogP contribution >= 0.6 is 12.8 Å². The summed E-state index contributed by atoms with van der Waals surface area (Å²) in [5.41, 5.74) is 0. The molecule has 0 unspecified atom stereocenters. The summed E-state index contributed by atoms with van der Waals surface area (Å²) in [7, 11) is 0. The second-order valence-electron chi connectivity index (χ2n) is 3.45. The average Bonchev–Trinajstić information content (AvgIpc) is 2.07. The highest BCUT2D eigenvalue weighted by atomic mass is 32.1. The van der Waals surface area contributed by atoms with Crippen LogP contribution in [0.2, 0.25) is 0 Å². The second kappa shape index (κ2) is 5.04. The van der Waals surface area contributed by atoms with Crippen LogP contribution in [0.5, 0.6) is 0 Å². The van der Waals surface area contributed by atoms with Gasteiger partial charge in [-0.25, -0.2) is 0 Å². The molecule has 66 valence electrons. The first kappa shape index (κ1) is 9.40. The fourth-order valence-electron chi connectivity index (χ4n) is 1.79. The highest BCUT2D eigenvalue weighted by Gasteiger charge is 2.17. The lowest BCUT2D eigenvalue weighted by atomic mass is 9.95. The van der Waals surface area contributed by atoms with Gasteiger partial charge in [0.1, 0.15) is 0 Å². The normalized spacial score (nSPS) is 21.0. The third-order valence-corrected chi connectivity index (χ3v) is 2.98. The quantitative estimate of drug-likeness (QED) is 0.642. The summed E-state index contributed by atoms with van der Waals surface area (Å²) in [6.07, 6.45) is 8.20. The Morgan fingerprint density at radius 2 is 1.91 bits per heavy atom. The average molecular weight is 173 g/mol. The maximum Gasteiger partial charge on any atom is 0.0200 e. The fourth-order valence-corrected chi connectivity index (χ4v) is 2.22. The molecular weight excluding hydrogens is 154 g/mol. The smallest absolute Gasteiger partial charge is 0.0200 e. The molecule has 1 nitrogen and oxygen atoms in total. The van der Waals surface area contributed by atoms with E-state index in [9.17, 15) is 0 Å².